The summed E-state index contributed by atoms with van der Waals surface area (Å²) in [5.74, 6) is 0.868. The number of hydrogen-bond acceptors (Lipinski definition) is 4. The topological polar surface area (TPSA) is 67.8 Å². The molecule has 0 spiro atoms. The highest BCUT2D eigenvalue weighted by molar-refractivity contribution is 5.76. The van der Waals surface area contributed by atoms with E-state index in [9.17, 15) is 4.79 Å². The van der Waals surface area contributed by atoms with Crippen LogP contribution in [0.15, 0.2) is 12.1 Å². The van der Waals surface area contributed by atoms with Crippen LogP contribution >= 0.6 is 0 Å². The smallest absolute Gasteiger partial charge is 0.245 e. The highest BCUT2D eigenvalue weighted by Crippen LogP contribution is 2.30. The molecule has 17 heavy (non-hydrogen) atoms. The second-order valence-electron chi connectivity index (χ2n) is 3.57. The highest BCUT2D eigenvalue weighted by atomic mass is 16.5. The molecule has 5 nitrogen and oxygen atoms in total. The van der Waals surface area contributed by atoms with Crippen LogP contribution in [0.2, 0.25) is 0 Å². The highest BCUT2D eigenvalue weighted by Gasteiger charge is 2.09. The van der Waals surface area contributed by atoms with Gasteiger partial charge in [0.15, 0.2) is 11.5 Å². The van der Waals surface area contributed by atoms with Gasteiger partial charge in [-0.2, -0.15) is 0 Å². The van der Waals surface area contributed by atoms with Crippen LogP contribution in [0.4, 0.5) is 0 Å². The van der Waals surface area contributed by atoms with Crippen LogP contribution < -0.4 is 14.8 Å². The Kier molecular flexibility index (Phi) is 4.78. The Hall–Kier alpha value is -1.75. The fourth-order valence-electron chi connectivity index (χ4n) is 1.46. The molecular weight excluding hydrogens is 222 g/mol. The lowest BCUT2D eigenvalue weighted by Crippen LogP contribution is -2.25. The lowest BCUT2D eigenvalue weighted by molar-refractivity contribution is -0.123. The molecule has 0 fully saturated rings. The Morgan fingerprint density at radius 3 is 2.41 bits per heavy atom. The quantitative estimate of drug-likeness (QED) is 0.790. The molecule has 0 aliphatic rings. The molecule has 5 heteroatoms. The molecule has 0 aliphatic heterocycles. The van der Waals surface area contributed by atoms with Crippen LogP contribution in [0.3, 0.4) is 0 Å². The maximum Gasteiger partial charge on any atom is 0.245 e. The molecule has 1 aromatic rings. The number of carbonyl (C=O) groups excluding carboxylic acids is 1. The first kappa shape index (κ1) is 13.3. The van der Waals surface area contributed by atoms with Crippen molar-refractivity contribution in [3.05, 3.63) is 23.3 Å². The predicted molar refractivity (Wildman–Crippen MR) is 63.2 cm³/mol. The monoisotopic (exact) mass is 239 g/mol. The number of ether oxygens (including phenoxy) is 2. The van der Waals surface area contributed by atoms with Crippen molar-refractivity contribution < 1.29 is 19.4 Å². The van der Waals surface area contributed by atoms with Gasteiger partial charge in [-0.3, -0.25) is 4.79 Å². The molecule has 0 unspecified atom stereocenters. The molecule has 0 bridgehead atoms. The van der Waals surface area contributed by atoms with Crippen molar-refractivity contribution in [2.24, 2.45) is 0 Å². The molecule has 94 valence electrons. The van der Waals surface area contributed by atoms with Gasteiger partial charge in [-0.15, -0.1) is 0 Å². The number of aliphatic hydroxyl groups excluding tert-OH is 1. The Morgan fingerprint density at radius 2 is 1.88 bits per heavy atom. The van der Waals surface area contributed by atoms with Crippen molar-refractivity contribution in [1.29, 1.82) is 0 Å². The summed E-state index contributed by atoms with van der Waals surface area (Å²) in [5, 5.41) is 11.2. The Morgan fingerprint density at radius 1 is 1.29 bits per heavy atom. The van der Waals surface area contributed by atoms with Gasteiger partial charge in [0.25, 0.3) is 0 Å². The van der Waals surface area contributed by atoms with Crippen LogP contribution in [0.25, 0.3) is 0 Å². The van der Waals surface area contributed by atoms with E-state index in [1.807, 2.05) is 19.1 Å². The number of hydrogen-bond donors (Lipinski definition) is 2. The van der Waals surface area contributed by atoms with E-state index >= 15 is 0 Å². The van der Waals surface area contributed by atoms with Crippen LogP contribution in [-0.4, -0.2) is 31.8 Å². The molecule has 0 saturated heterocycles. The molecule has 1 rings (SSSR count). The summed E-state index contributed by atoms with van der Waals surface area (Å²) in [7, 11) is 3.13. The summed E-state index contributed by atoms with van der Waals surface area (Å²) in [6, 6.07) is 3.66. The normalized spacial score (nSPS) is 9.88. The van der Waals surface area contributed by atoms with Gasteiger partial charge in [0.1, 0.15) is 6.61 Å². The zero-order valence-electron chi connectivity index (χ0n) is 10.2. The third-order valence-electron chi connectivity index (χ3n) is 2.46. The minimum absolute atomic E-state index is 0.353. The Bertz CT molecular complexity index is 404. The largest absolute Gasteiger partial charge is 0.493 e. The molecule has 2 N–H and O–H groups in total. The van der Waals surface area contributed by atoms with Gasteiger partial charge >= 0.3 is 0 Å². The number of methoxy groups -OCH3 is 2. The summed E-state index contributed by atoms with van der Waals surface area (Å²) in [4.78, 5) is 11.0. The average molecular weight is 239 g/mol. The van der Waals surface area contributed by atoms with Gasteiger partial charge in [0, 0.05) is 6.54 Å². The second-order valence-corrected chi connectivity index (χ2v) is 3.57. The van der Waals surface area contributed by atoms with Crippen molar-refractivity contribution >= 4 is 5.91 Å². The lowest BCUT2D eigenvalue weighted by atomic mass is 10.1. The Labute approximate surface area is 100 Å². The van der Waals surface area contributed by atoms with E-state index in [0.717, 1.165) is 11.1 Å². The third-order valence-corrected chi connectivity index (χ3v) is 2.46. The van der Waals surface area contributed by atoms with Crippen LogP contribution in [-0.2, 0) is 11.3 Å². The van der Waals surface area contributed by atoms with Gasteiger partial charge in [-0.25, -0.2) is 0 Å². The SMILES string of the molecule is COc1cc(C)c(CNC(=O)CO)cc1OC. The number of aliphatic hydroxyl groups is 1. The molecule has 0 aromatic heterocycles. The first-order valence-corrected chi connectivity index (χ1v) is 5.21. The van der Waals surface area contributed by atoms with Crippen molar-refractivity contribution in [1.82, 2.24) is 5.32 Å². The lowest BCUT2D eigenvalue weighted by Gasteiger charge is -2.13. The summed E-state index contributed by atoms with van der Waals surface area (Å²) < 4.78 is 10.3. The first-order valence-electron chi connectivity index (χ1n) is 5.21. The fraction of sp³-hybridized carbons (Fsp3) is 0.417. The van der Waals surface area contributed by atoms with Gasteiger partial charge in [-0.05, 0) is 30.2 Å². The molecule has 0 atom stereocenters. The summed E-state index contributed by atoms with van der Waals surface area (Å²) >= 11 is 0. The summed E-state index contributed by atoms with van der Waals surface area (Å²) in [6.07, 6.45) is 0. The molecular formula is C12H17NO4. The van der Waals surface area contributed by atoms with Crippen LogP contribution in [0.1, 0.15) is 11.1 Å². The zero-order valence-corrected chi connectivity index (χ0v) is 10.2. The Balaban J connectivity index is 2.89. The number of benzene rings is 1. The van der Waals surface area contributed by atoms with E-state index in [1.54, 1.807) is 14.2 Å². The molecule has 1 aromatic carbocycles. The number of carbonyl (C=O) groups is 1. The van der Waals surface area contributed by atoms with E-state index in [2.05, 4.69) is 5.32 Å². The summed E-state index contributed by atoms with van der Waals surface area (Å²) in [6.45, 7) is 1.76. The zero-order chi connectivity index (χ0) is 12.8. The number of nitrogens with one attached hydrogen (secondary N) is 1. The van der Waals surface area contributed by atoms with Gasteiger partial charge < -0.3 is 19.9 Å². The third kappa shape index (κ3) is 3.35. The molecule has 0 radical (unpaired) electrons. The number of aryl methyl sites for hydroxylation is 1. The maximum atomic E-state index is 11.0. The fourth-order valence-corrected chi connectivity index (χ4v) is 1.46. The van der Waals surface area contributed by atoms with E-state index in [-0.39, 0.29) is 0 Å². The van der Waals surface area contributed by atoms with Crippen LogP contribution in [0, 0.1) is 6.92 Å². The average Bonchev–Trinajstić information content (AvgIpc) is 2.36. The summed E-state index contributed by atoms with van der Waals surface area (Å²) in [5.41, 5.74) is 1.91. The molecule has 0 aliphatic carbocycles. The van der Waals surface area contributed by atoms with Crippen molar-refractivity contribution in [3.63, 3.8) is 0 Å². The first-order chi connectivity index (χ1) is 8.12. The molecule has 1 amide bonds. The van der Waals surface area contributed by atoms with Crippen molar-refractivity contribution in [3.8, 4) is 11.5 Å². The van der Waals surface area contributed by atoms with E-state index in [4.69, 9.17) is 14.6 Å². The standard InChI is InChI=1S/C12H17NO4/c1-8-4-10(16-2)11(17-3)5-9(8)6-13-12(15)7-14/h4-5,14H,6-7H2,1-3H3,(H,13,15). The second kappa shape index (κ2) is 6.10. The maximum absolute atomic E-state index is 11.0. The molecule has 0 saturated carbocycles. The predicted octanol–water partition coefficient (Wildman–Crippen LogP) is 0.621. The van der Waals surface area contributed by atoms with Gasteiger partial charge in [0.2, 0.25) is 5.91 Å². The van der Waals surface area contributed by atoms with E-state index in [1.165, 1.54) is 0 Å². The van der Waals surface area contributed by atoms with Gasteiger partial charge in [0.05, 0.1) is 14.2 Å². The minimum atomic E-state index is -0.508. The minimum Gasteiger partial charge on any atom is -0.493 e. The number of rotatable bonds is 5. The van der Waals surface area contributed by atoms with E-state index in [0.29, 0.717) is 18.0 Å². The van der Waals surface area contributed by atoms with Crippen LogP contribution in [0.5, 0.6) is 11.5 Å². The van der Waals surface area contributed by atoms with E-state index < -0.39 is 12.5 Å². The van der Waals surface area contributed by atoms with Gasteiger partial charge in [-0.1, -0.05) is 0 Å². The van der Waals surface area contributed by atoms with Crippen molar-refractivity contribution in [2.75, 3.05) is 20.8 Å². The number of amides is 1. The van der Waals surface area contributed by atoms with Crippen molar-refractivity contribution in [2.45, 2.75) is 13.5 Å². The molecule has 0 heterocycles.